The van der Waals surface area contributed by atoms with Gasteiger partial charge in [0.2, 0.25) is 0 Å². The maximum absolute atomic E-state index is 10.2. The van der Waals surface area contributed by atoms with Crippen molar-refractivity contribution in [2.24, 2.45) is 35.5 Å². The lowest BCUT2D eigenvalue weighted by atomic mass is 9.47. The highest BCUT2D eigenvalue weighted by atomic mass is 16.5. The highest BCUT2D eigenvalue weighted by Gasteiger charge is 2.55. The number of nitrogens with two attached hydrogens (primary N) is 2. The summed E-state index contributed by atoms with van der Waals surface area (Å²) in [5.74, 6) is 7.59. The van der Waals surface area contributed by atoms with E-state index in [9.17, 15) is 10.2 Å². The van der Waals surface area contributed by atoms with Crippen molar-refractivity contribution in [1.29, 1.82) is 0 Å². The number of nitrogen functional groups attached to an aromatic ring is 2. The quantitative estimate of drug-likeness (QED) is 0.168. The lowest BCUT2D eigenvalue weighted by Crippen LogP contribution is -2.49. The molecule has 0 heterocycles. The third-order valence-corrected chi connectivity index (χ3v) is 12.8. The van der Waals surface area contributed by atoms with Crippen molar-refractivity contribution < 1.29 is 19.7 Å². The van der Waals surface area contributed by atoms with Gasteiger partial charge in [-0.2, -0.15) is 0 Å². The van der Waals surface area contributed by atoms with E-state index in [4.69, 9.17) is 20.9 Å². The Labute approximate surface area is 259 Å². The predicted molar refractivity (Wildman–Crippen MR) is 171 cm³/mol. The van der Waals surface area contributed by atoms with Crippen LogP contribution in [0.4, 0.5) is 11.4 Å². The first kappa shape index (κ1) is 26.8. The average Bonchev–Trinajstić information content (AvgIpc) is 2.96. The summed E-state index contributed by atoms with van der Waals surface area (Å²) < 4.78 is 14.0. The van der Waals surface area contributed by atoms with Gasteiger partial charge in [-0.3, -0.25) is 0 Å². The van der Waals surface area contributed by atoms with Crippen LogP contribution in [-0.4, -0.2) is 10.2 Å². The van der Waals surface area contributed by atoms with E-state index >= 15 is 0 Å². The molecule has 0 spiro atoms. The number of hydrogen-bond donors (Lipinski definition) is 4. The van der Waals surface area contributed by atoms with Crippen LogP contribution in [0.25, 0.3) is 0 Å². The average molecular weight is 593 g/mol. The van der Waals surface area contributed by atoms with E-state index in [1.807, 2.05) is 0 Å². The zero-order valence-corrected chi connectivity index (χ0v) is 25.4. The molecule has 6 heteroatoms. The maximum atomic E-state index is 10.2. The Balaban J connectivity index is 1.26. The summed E-state index contributed by atoms with van der Waals surface area (Å²) in [6.45, 7) is 0. The Hall–Kier alpha value is -3.54. The summed E-state index contributed by atoms with van der Waals surface area (Å²) in [7, 11) is 0. The van der Waals surface area contributed by atoms with Crippen LogP contribution >= 0.6 is 0 Å². The molecule has 0 aliphatic heterocycles. The van der Waals surface area contributed by atoms with Crippen LogP contribution in [0.5, 0.6) is 34.5 Å². The molecule has 3 aromatic rings. The number of anilines is 2. The molecular formula is C38H44N2O4. The van der Waals surface area contributed by atoms with Crippen LogP contribution in [-0.2, 0) is 10.8 Å². The molecule has 0 unspecified atom stereocenters. The van der Waals surface area contributed by atoms with Crippen molar-refractivity contribution in [2.45, 2.75) is 87.9 Å². The lowest BCUT2D eigenvalue weighted by Gasteiger charge is -2.58. The van der Waals surface area contributed by atoms with E-state index < -0.39 is 0 Å². The molecule has 0 saturated heterocycles. The molecule has 3 aromatic carbocycles. The molecule has 11 rings (SSSR count). The first-order valence-corrected chi connectivity index (χ1v) is 16.9. The monoisotopic (exact) mass is 592 g/mol. The van der Waals surface area contributed by atoms with E-state index in [1.165, 1.54) is 88.2 Å². The van der Waals surface area contributed by atoms with E-state index in [2.05, 4.69) is 12.1 Å². The zero-order chi connectivity index (χ0) is 29.8. The number of ether oxygens (including phenoxy) is 2. The highest BCUT2D eigenvalue weighted by Crippen LogP contribution is 2.66. The topological polar surface area (TPSA) is 111 Å². The summed E-state index contributed by atoms with van der Waals surface area (Å²) in [6, 6.07) is 15.1. The number of phenolic OH excluding ortho intramolecular Hbond substituents is 2. The predicted octanol–water partition coefficient (Wildman–Crippen LogP) is 8.78. The van der Waals surface area contributed by atoms with Gasteiger partial charge < -0.3 is 31.2 Å². The van der Waals surface area contributed by atoms with Crippen LogP contribution in [0.1, 0.15) is 88.2 Å². The van der Waals surface area contributed by atoms with Gasteiger partial charge in [-0.15, -0.1) is 0 Å². The molecule has 0 atom stereocenters. The van der Waals surface area contributed by atoms with Crippen LogP contribution < -0.4 is 20.9 Å². The van der Waals surface area contributed by atoms with E-state index in [0.29, 0.717) is 22.9 Å². The van der Waals surface area contributed by atoms with Gasteiger partial charge >= 0.3 is 0 Å². The molecule has 8 saturated carbocycles. The normalized spacial score (nSPS) is 36.1. The molecule has 8 fully saturated rings. The van der Waals surface area contributed by atoms with Gasteiger partial charge in [-0.1, -0.05) is 12.1 Å². The van der Waals surface area contributed by atoms with Crippen LogP contribution in [0.15, 0.2) is 48.5 Å². The summed E-state index contributed by atoms with van der Waals surface area (Å²) in [5.41, 5.74) is 15.6. The third-order valence-electron chi connectivity index (χ3n) is 12.8. The van der Waals surface area contributed by atoms with Gasteiger partial charge in [0.15, 0.2) is 11.5 Å². The number of phenols is 2. The molecule has 44 heavy (non-hydrogen) atoms. The fourth-order valence-corrected chi connectivity index (χ4v) is 11.9. The fourth-order valence-electron chi connectivity index (χ4n) is 11.9. The lowest BCUT2D eigenvalue weighted by molar-refractivity contribution is -0.00832. The van der Waals surface area contributed by atoms with Crippen molar-refractivity contribution >= 4 is 11.4 Å². The molecule has 8 aliphatic carbocycles. The molecule has 0 amide bonds. The molecule has 6 nitrogen and oxygen atoms in total. The minimum absolute atomic E-state index is 0.0528. The molecule has 230 valence electrons. The van der Waals surface area contributed by atoms with Crippen molar-refractivity contribution in [3.05, 3.63) is 59.7 Å². The van der Waals surface area contributed by atoms with Gasteiger partial charge in [0.05, 0.1) is 11.4 Å². The van der Waals surface area contributed by atoms with E-state index in [0.717, 1.165) is 47.0 Å². The number of hydrogen-bond acceptors (Lipinski definition) is 6. The highest BCUT2D eigenvalue weighted by molar-refractivity contribution is 5.63. The minimum atomic E-state index is 0.0528. The maximum Gasteiger partial charge on any atom is 0.173 e. The minimum Gasteiger partial charge on any atom is -0.506 e. The Morgan fingerprint density at radius 1 is 0.500 bits per heavy atom. The number of aromatic hydroxyl groups is 2. The summed E-state index contributed by atoms with van der Waals surface area (Å²) in [6.07, 6.45) is 15.4. The van der Waals surface area contributed by atoms with Crippen molar-refractivity contribution in [3.63, 3.8) is 0 Å². The van der Waals surface area contributed by atoms with E-state index in [1.54, 1.807) is 36.4 Å². The van der Waals surface area contributed by atoms with Crippen LogP contribution in [0.3, 0.4) is 0 Å². The first-order valence-electron chi connectivity index (χ1n) is 16.9. The van der Waals surface area contributed by atoms with Gasteiger partial charge in [0.1, 0.15) is 23.0 Å². The van der Waals surface area contributed by atoms with Crippen molar-refractivity contribution in [3.8, 4) is 34.5 Å². The van der Waals surface area contributed by atoms with Gasteiger partial charge in [0, 0.05) is 23.3 Å². The largest absolute Gasteiger partial charge is 0.506 e. The Morgan fingerprint density at radius 3 is 1.11 bits per heavy atom. The van der Waals surface area contributed by atoms with Gasteiger partial charge in [-0.25, -0.2) is 0 Å². The smallest absolute Gasteiger partial charge is 0.173 e. The van der Waals surface area contributed by atoms with Crippen LogP contribution in [0, 0.1) is 35.5 Å². The summed E-state index contributed by atoms with van der Waals surface area (Å²) >= 11 is 0. The summed E-state index contributed by atoms with van der Waals surface area (Å²) in [5, 5.41) is 20.4. The number of benzene rings is 3. The first-order chi connectivity index (χ1) is 21.2. The molecule has 0 aromatic heterocycles. The third kappa shape index (κ3) is 4.19. The second-order valence-electron chi connectivity index (χ2n) is 15.9. The van der Waals surface area contributed by atoms with Crippen LogP contribution in [0.2, 0.25) is 0 Å². The van der Waals surface area contributed by atoms with E-state index in [-0.39, 0.29) is 22.3 Å². The molecule has 0 radical (unpaired) electrons. The SMILES string of the molecule is Nc1cc(Oc2c(C34CC5CC(CC(C5)C3)C4)ccc(C34CC5CC(CC(C5)C3)C4)c2Oc2ccc(O)c(N)c2)ccc1O. The Bertz CT molecular complexity index is 1450. The Kier molecular flexibility index (Phi) is 5.78. The Morgan fingerprint density at radius 2 is 0.818 bits per heavy atom. The molecular weight excluding hydrogens is 548 g/mol. The summed E-state index contributed by atoms with van der Waals surface area (Å²) in [4.78, 5) is 0. The van der Waals surface area contributed by atoms with Gasteiger partial charge in [0.25, 0.3) is 0 Å². The second-order valence-corrected chi connectivity index (χ2v) is 15.9. The standard InChI is InChI=1S/C38H44N2O4/c39-31-13-27(1-5-33(31)41)43-35-29(37-15-21-7-22(16-37)9-23(8-21)17-37)3-4-30(36(35)44-28-2-6-34(42)32(40)14-28)38-18-24-10-25(19-38)12-26(11-24)20-38/h1-6,13-14,21-26,41-42H,7-12,15-20,39-40H2. The molecule has 6 N–H and O–H groups in total. The zero-order valence-electron chi connectivity index (χ0n) is 25.4. The number of rotatable bonds is 6. The van der Waals surface area contributed by atoms with Crippen molar-refractivity contribution in [1.82, 2.24) is 0 Å². The van der Waals surface area contributed by atoms with Crippen molar-refractivity contribution in [2.75, 3.05) is 11.5 Å². The fraction of sp³-hybridized carbons (Fsp3) is 0.526. The van der Waals surface area contributed by atoms with Gasteiger partial charge in [-0.05, 0) is 148 Å². The molecule has 8 aliphatic rings. The second kappa shape index (κ2) is 9.48. The molecule has 8 bridgehead atoms.